The van der Waals surface area contributed by atoms with Crippen molar-refractivity contribution in [3.05, 3.63) is 57.8 Å². The van der Waals surface area contributed by atoms with Gasteiger partial charge in [-0.1, -0.05) is 30.3 Å². The van der Waals surface area contributed by atoms with E-state index in [1.807, 2.05) is 18.2 Å². The third kappa shape index (κ3) is 2.77. The standard InChI is InChI=1S/C13H12OS/c14-10-13-9-8-12(15-13)7-6-11-4-2-1-3-5-11/h1-5,8-10H,6-7H2. The molecular formula is C13H12OS. The zero-order valence-electron chi connectivity index (χ0n) is 8.35. The fourth-order valence-corrected chi connectivity index (χ4v) is 2.33. The molecule has 2 aromatic rings. The number of benzene rings is 1. The Morgan fingerprint density at radius 3 is 2.47 bits per heavy atom. The number of thiophene rings is 1. The normalized spacial score (nSPS) is 10.1. The highest BCUT2D eigenvalue weighted by Crippen LogP contribution is 2.16. The van der Waals surface area contributed by atoms with Crippen molar-refractivity contribution >= 4 is 17.6 Å². The summed E-state index contributed by atoms with van der Waals surface area (Å²) in [7, 11) is 0. The maximum absolute atomic E-state index is 10.5. The minimum absolute atomic E-state index is 0.818. The van der Waals surface area contributed by atoms with E-state index in [0.717, 1.165) is 24.0 Å². The van der Waals surface area contributed by atoms with Gasteiger partial charge >= 0.3 is 0 Å². The van der Waals surface area contributed by atoms with E-state index in [1.165, 1.54) is 10.4 Å². The highest BCUT2D eigenvalue weighted by Gasteiger charge is 1.99. The quantitative estimate of drug-likeness (QED) is 0.716. The Morgan fingerprint density at radius 2 is 1.80 bits per heavy atom. The van der Waals surface area contributed by atoms with E-state index in [2.05, 4.69) is 24.3 Å². The molecule has 0 unspecified atom stereocenters. The lowest BCUT2D eigenvalue weighted by molar-refractivity contribution is 0.112. The number of hydrogen-bond donors (Lipinski definition) is 0. The molecular weight excluding hydrogens is 204 g/mol. The number of aryl methyl sites for hydroxylation is 2. The van der Waals surface area contributed by atoms with Gasteiger partial charge in [0, 0.05) is 4.88 Å². The minimum Gasteiger partial charge on any atom is -0.297 e. The van der Waals surface area contributed by atoms with Crippen LogP contribution in [0, 0.1) is 0 Å². The molecule has 2 heteroatoms. The molecule has 1 aromatic carbocycles. The maximum Gasteiger partial charge on any atom is 0.160 e. The number of carbonyl (C=O) groups is 1. The fraction of sp³-hybridized carbons (Fsp3) is 0.154. The molecule has 15 heavy (non-hydrogen) atoms. The lowest BCUT2D eigenvalue weighted by Gasteiger charge is -1.98. The first-order valence-electron chi connectivity index (χ1n) is 4.96. The highest BCUT2D eigenvalue weighted by atomic mass is 32.1. The van der Waals surface area contributed by atoms with E-state index >= 15 is 0 Å². The molecule has 0 bridgehead atoms. The molecule has 0 saturated heterocycles. The minimum atomic E-state index is 0.818. The summed E-state index contributed by atoms with van der Waals surface area (Å²) in [6, 6.07) is 14.3. The van der Waals surface area contributed by atoms with Gasteiger partial charge in [0.05, 0.1) is 4.88 Å². The monoisotopic (exact) mass is 216 g/mol. The first-order valence-corrected chi connectivity index (χ1v) is 5.78. The zero-order chi connectivity index (χ0) is 10.5. The van der Waals surface area contributed by atoms with Gasteiger partial charge in [0.25, 0.3) is 0 Å². The molecule has 0 saturated carbocycles. The molecule has 0 atom stereocenters. The van der Waals surface area contributed by atoms with Crippen LogP contribution in [0.25, 0.3) is 0 Å². The van der Waals surface area contributed by atoms with Crippen LogP contribution in [0.4, 0.5) is 0 Å². The summed E-state index contributed by atoms with van der Waals surface area (Å²) in [6.07, 6.45) is 2.97. The SMILES string of the molecule is O=Cc1ccc(CCc2ccccc2)s1. The van der Waals surface area contributed by atoms with Gasteiger partial charge in [-0.3, -0.25) is 4.79 Å². The second-order valence-electron chi connectivity index (χ2n) is 3.41. The number of aldehydes is 1. The van der Waals surface area contributed by atoms with Gasteiger partial charge in [0.15, 0.2) is 6.29 Å². The summed E-state index contributed by atoms with van der Waals surface area (Å²) in [5.41, 5.74) is 1.35. The van der Waals surface area contributed by atoms with Crippen molar-refractivity contribution in [2.45, 2.75) is 12.8 Å². The summed E-state index contributed by atoms with van der Waals surface area (Å²) in [6.45, 7) is 0. The van der Waals surface area contributed by atoms with Crippen LogP contribution in [0.2, 0.25) is 0 Å². The average molecular weight is 216 g/mol. The van der Waals surface area contributed by atoms with Gasteiger partial charge < -0.3 is 0 Å². The molecule has 76 valence electrons. The predicted octanol–water partition coefficient (Wildman–Crippen LogP) is 3.35. The number of hydrogen-bond acceptors (Lipinski definition) is 2. The van der Waals surface area contributed by atoms with E-state index in [0.29, 0.717) is 0 Å². The predicted molar refractivity (Wildman–Crippen MR) is 63.6 cm³/mol. The van der Waals surface area contributed by atoms with Gasteiger partial charge in [0.2, 0.25) is 0 Å². The topological polar surface area (TPSA) is 17.1 Å². The Balaban J connectivity index is 1.96. The second kappa shape index (κ2) is 4.89. The van der Waals surface area contributed by atoms with Crippen LogP contribution in [0.3, 0.4) is 0 Å². The lowest BCUT2D eigenvalue weighted by Crippen LogP contribution is -1.87. The molecule has 2 rings (SSSR count). The van der Waals surface area contributed by atoms with Crippen molar-refractivity contribution in [1.82, 2.24) is 0 Å². The maximum atomic E-state index is 10.5. The van der Waals surface area contributed by atoms with Crippen LogP contribution in [0.5, 0.6) is 0 Å². The molecule has 0 aliphatic rings. The van der Waals surface area contributed by atoms with Crippen molar-refractivity contribution in [2.75, 3.05) is 0 Å². The van der Waals surface area contributed by atoms with Crippen LogP contribution < -0.4 is 0 Å². The van der Waals surface area contributed by atoms with Gasteiger partial charge in [-0.25, -0.2) is 0 Å². The summed E-state index contributed by atoms with van der Waals surface area (Å²) in [5, 5.41) is 0. The van der Waals surface area contributed by atoms with E-state index in [9.17, 15) is 4.79 Å². The van der Waals surface area contributed by atoms with Gasteiger partial charge in [0.1, 0.15) is 0 Å². The molecule has 0 N–H and O–H groups in total. The summed E-state index contributed by atoms with van der Waals surface area (Å²) < 4.78 is 0. The largest absolute Gasteiger partial charge is 0.297 e. The van der Waals surface area contributed by atoms with Gasteiger partial charge in [-0.15, -0.1) is 11.3 Å². The Hall–Kier alpha value is -1.41. The van der Waals surface area contributed by atoms with Crippen LogP contribution >= 0.6 is 11.3 Å². The molecule has 0 spiro atoms. The first-order chi connectivity index (χ1) is 7.38. The van der Waals surface area contributed by atoms with E-state index in [-0.39, 0.29) is 0 Å². The van der Waals surface area contributed by atoms with Crippen molar-refractivity contribution < 1.29 is 4.79 Å². The molecule has 1 nitrogen and oxygen atoms in total. The van der Waals surface area contributed by atoms with E-state index in [1.54, 1.807) is 11.3 Å². The van der Waals surface area contributed by atoms with Gasteiger partial charge in [-0.2, -0.15) is 0 Å². The Labute approximate surface area is 93.4 Å². The summed E-state index contributed by atoms with van der Waals surface area (Å²) in [5.74, 6) is 0. The Bertz CT molecular complexity index is 431. The van der Waals surface area contributed by atoms with Crippen molar-refractivity contribution in [1.29, 1.82) is 0 Å². The van der Waals surface area contributed by atoms with Crippen LogP contribution in [0.15, 0.2) is 42.5 Å². The van der Waals surface area contributed by atoms with E-state index < -0.39 is 0 Å². The molecule has 0 aliphatic heterocycles. The van der Waals surface area contributed by atoms with E-state index in [4.69, 9.17) is 0 Å². The molecule has 0 fully saturated rings. The lowest BCUT2D eigenvalue weighted by atomic mass is 10.1. The third-order valence-corrected chi connectivity index (χ3v) is 3.37. The zero-order valence-corrected chi connectivity index (χ0v) is 9.17. The Morgan fingerprint density at radius 1 is 1.00 bits per heavy atom. The van der Waals surface area contributed by atoms with Crippen molar-refractivity contribution in [3.8, 4) is 0 Å². The molecule has 0 radical (unpaired) electrons. The molecule has 0 aliphatic carbocycles. The average Bonchev–Trinajstić information content (AvgIpc) is 2.76. The van der Waals surface area contributed by atoms with Gasteiger partial charge in [-0.05, 0) is 30.5 Å². The highest BCUT2D eigenvalue weighted by molar-refractivity contribution is 7.13. The fourth-order valence-electron chi connectivity index (χ4n) is 1.50. The smallest absolute Gasteiger partial charge is 0.160 e. The van der Waals surface area contributed by atoms with Crippen LogP contribution in [-0.4, -0.2) is 6.29 Å². The Kier molecular flexibility index (Phi) is 3.30. The third-order valence-electron chi connectivity index (χ3n) is 2.30. The number of rotatable bonds is 4. The second-order valence-corrected chi connectivity index (χ2v) is 4.61. The molecule has 1 heterocycles. The van der Waals surface area contributed by atoms with Crippen LogP contribution in [-0.2, 0) is 12.8 Å². The molecule has 1 aromatic heterocycles. The number of carbonyl (C=O) groups excluding carboxylic acids is 1. The van der Waals surface area contributed by atoms with Crippen LogP contribution in [0.1, 0.15) is 20.1 Å². The van der Waals surface area contributed by atoms with Crippen molar-refractivity contribution in [3.63, 3.8) is 0 Å². The molecule has 0 amide bonds. The van der Waals surface area contributed by atoms with Crippen molar-refractivity contribution in [2.24, 2.45) is 0 Å². The first kappa shape index (κ1) is 10.1. The summed E-state index contributed by atoms with van der Waals surface area (Å²) >= 11 is 1.58. The summed E-state index contributed by atoms with van der Waals surface area (Å²) in [4.78, 5) is 12.6.